The second kappa shape index (κ2) is 8.84. The third kappa shape index (κ3) is 3.72. The van der Waals surface area contributed by atoms with Crippen molar-refractivity contribution in [2.75, 3.05) is 44.2 Å². The van der Waals surface area contributed by atoms with Gasteiger partial charge in [-0.1, -0.05) is 25.0 Å². The molecular formula is C28H36N4O2S. The molecule has 7 rings (SSSR count). The van der Waals surface area contributed by atoms with Gasteiger partial charge in [0.2, 0.25) is 11.8 Å². The predicted molar refractivity (Wildman–Crippen MR) is 138 cm³/mol. The maximum absolute atomic E-state index is 13.3. The van der Waals surface area contributed by atoms with Crippen molar-refractivity contribution in [1.29, 1.82) is 0 Å². The molecular weight excluding hydrogens is 456 g/mol. The lowest BCUT2D eigenvalue weighted by atomic mass is 9.78. The Labute approximate surface area is 211 Å². The van der Waals surface area contributed by atoms with E-state index in [1.165, 1.54) is 29.3 Å². The van der Waals surface area contributed by atoms with Gasteiger partial charge in [-0.05, 0) is 79.4 Å². The first kappa shape index (κ1) is 22.2. The van der Waals surface area contributed by atoms with Crippen molar-refractivity contribution < 1.29 is 9.59 Å². The molecule has 1 aromatic heterocycles. The maximum Gasteiger partial charge on any atom is 0.233 e. The van der Waals surface area contributed by atoms with Gasteiger partial charge in [0.1, 0.15) is 5.82 Å². The SMILES string of the molecule is O=C1C2C3CCC(C3)C2C(=O)N1CC1CCCCC1CN1CCN(c2nsc3ccccc23)CC1. The molecule has 186 valence electrons. The summed E-state index contributed by atoms with van der Waals surface area (Å²) in [7, 11) is 0. The highest BCUT2D eigenvalue weighted by Crippen LogP contribution is 2.56. The summed E-state index contributed by atoms with van der Waals surface area (Å²) in [6, 6.07) is 8.54. The minimum atomic E-state index is 0.0261. The summed E-state index contributed by atoms with van der Waals surface area (Å²) >= 11 is 1.60. The average Bonchev–Trinajstić information content (AvgIpc) is 3.66. The number of rotatable bonds is 5. The van der Waals surface area contributed by atoms with Crippen molar-refractivity contribution in [3.63, 3.8) is 0 Å². The third-order valence-electron chi connectivity index (χ3n) is 10.0. The Hall–Kier alpha value is -1.99. The van der Waals surface area contributed by atoms with Crippen LogP contribution in [0.25, 0.3) is 10.1 Å². The number of anilines is 1. The molecule has 3 saturated carbocycles. The number of fused-ring (bicyclic) bond motifs is 6. The van der Waals surface area contributed by atoms with Crippen LogP contribution >= 0.6 is 11.5 Å². The Balaban J connectivity index is 0.986. The van der Waals surface area contributed by atoms with Crippen LogP contribution in [0, 0.1) is 35.5 Å². The van der Waals surface area contributed by atoms with Crippen LogP contribution in [0.3, 0.4) is 0 Å². The molecule has 2 bridgehead atoms. The van der Waals surface area contributed by atoms with Crippen LogP contribution in [0.5, 0.6) is 0 Å². The van der Waals surface area contributed by atoms with E-state index in [0.29, 0.717) is 30.2 Å². The number of hydrogen-bond donors (Lipinski definition) is 0. The van der Waals surface area contributed by atoms with Crippen LogP contribution in [-0.2, 0) is 9.59 Å². The molecule has 5 aliphatic rings. The number of imide groups is 1. The molecule has 2 amide bonds. The van der Waals surface area contributed by atoms with Crippen molar-refractivity contribution >= 4 is 39.3 Å². The molecule has 3 heterocycles. The van der Waals surface area contributed by atoms with E-state index < -0.39 is 0 Å². The second-order valence-corrected chi connectivity index (χ2v) is 12.6. The molecule has 3 aliphatic carbocycles. The number of benzene rings is 1. The van der Waals surface area contributed by atoms with Crippen molar-refractivity contribution in [1.82, 2.24) is 14.2 Å². The first-order valence-electron chi connectivity index (χ1n) is 13.8. The third-order valence-corrected chi connectivity index (χ3v) is 10.8. The Morgan fingerprint density at radius 1 is 0.829 bits per heavy atom. The Morgan fingerprint density at radius 3 is 2.20 bits per heavy atom. The molecule has 0 N–H and O–H groups in total. The highest BCUT2D eigenvalue weighted by molar-refractivity contribution is 7.13. The number of piperazine rings is 1. The van der Waals surface area contributed by atoms with Crippen molar-refractivity contribution in [2.45, 2.75) is 44.9 Å². The smallest absolute Gasteiger partial charge is 0.233 e. The van der Waals surface area contributed by atoms with Gasteiger partial charge in [0.15, 0.2) is 0 Å². The normalized spacial score (nSPS) is 35.4. The van der Waals surface area contributed by atoms with E-state index in [1.54, 1.807) is 16.4 Å². The van der Waals surface area contributed by atoms with E-state index in [-0.39, 0.29) is 23.7 Å². The first-order chi connectivity index (χ1) is 17.2. The van der Waals surface area contributed by atoms with Crippen molar-refractivity contribution in [3.05, 3.63) is 24.3 Å². The predicted octanol–water partition coefficient (Wildman–Crippen LogP) is 4.26. The molecule has 2 saturated heterocycles. The molecule has 0 spiro atoms. The van der Waals surface area contributed by atoms with Crippen LogP contribution in [0.1, 0.15) is 44.9 Å². The monoisotopic (exact) mass is 492 g/mol. The van der Waals surface area contributed by atoms with Crippen LogP contribution in [0.2, 0.25) is 0 Å². The lowest BCUT2D eigenvalue weighted by molar-refractivity contribution is -0.142. The van der Waals surface area contributed by atoms with Crippen LogP contribution < -0.4 is 4.90 Å². The lowest BCUT2D eigenvalue weighted by Crippen LogP contribution is -2.49. The zero-order chi connectivity index (χ0) is 23.5. The van der Waals surface area contributed by atoms with E-state index in [4.69, 9.17) is 4.37 Å². The Kier molecular flexibility index (Phi) is 5.61. The highest BCUT2D eigenvalue weighted by atomic mass is 32.1. The minimum Gasteiger partial charge on any atom is -0.353 e. The Bertz CT molecular complexity index is 1100. The number of nitrogens with zero attached hydrogens (tertiary/aromatic N) is 4. The van der Waals surface area contributed by atoms with Crippen LogP contribution in [0.4, 0.5) is 5.82 Å². The number of carbonyl (C=O) groups excluding carboxylic acids is 2. The fraction of sp³-hybridized carbons (Fsp3) is 0.679. The minimum absolute atomic E-state index is 0.0261. The standard InChI is InChI=1S/C28H36N4O2S/c33-27-24-18-9-10-19(15-18)25(24)28(34)32(27)17-21-6-2-1-5-20(21)16-30-11-13-31(14-12-30)26-22-7-3-4-8-23(22)35-29-26/h3-4,7-8,18-21,24-25H,1-2,5-6,9-17H2. The summed E-state index contributed by atoms with van der Waals surface area (Å²) in [6.07, 6.45) is 8.35. The van der Waals surface area contributed by atoms with Crippen LogP contribution in [-0.4, -0.2) is 65.3 Å². The lowest BCUT2D eigenvalue weighted by Gasteiger charge is -2.40. The summed E-state index contributed by atoms with van der Waals surface area (Å²) < 4.78 is 6.02. The van der Waals surface area contributed by atoms with Gasteiger partial charge >= 0.3 is 0 Å². The van der Waals surface area contributed by atoms with E-state index in [1.807, 2.05) is 0 Å². The van der Waals surface area contributed by atoms with Gasteiger partial charge in [0.25, 0.3) is 0 Å². The van der Waals surface area contributed by atoms with Gasteiger partial charge in [-0.2, -0.15) is 4.37 Å². The van der Waals surface area contributed by atoms with Gasteiger partial charge in [0.05, 0.1) is 16.5 Å². The molecule has 6 unspecified atom stereocenters. The van der Waals surface area contributed by atoms with E-state index in [9.17, 15) is 9.59 Å². The second-order valence-electron chi connectivity index (χ2n) is 11.8. The largest absolute Gasteiger partial charge is 0.353 e. The van der Waals surface area contributed by atoms with Crippen LogP contribution in [0.15, 0.2) is 24.3 Å². The summed E-state index contributed by atoms with van der Waals surface area (Å²) in [4.78, 5) is 33.4. The molecule has 0 radical (unpaired) electrons. The summed E-state index contributed by atoms with van der Waals surface area (Å²) in [5.41, 5.74) is 0. The quantitative estimate of drug-likeness (QED) is 0.584. The molecule has 5 fully saturated rings. The summed E-state index contributed by atoms with van der Waals surface area (Å²) in [6.45, 7) is 5.93. The summed E-state index contributed by atoms with van der Waals surface area (Å²) in [5.74, 6) is 3.59. The van der Waals surface area contributed by atoms with Gasteiger partial charge in [0, 0.05) is 44.7 Å². The first-order valence-corrected chi connectivity index (χ1v) is 14.6. The van der Waals surface area contributed by atoms with Gasteiger partial charge in [-0.3, -0.25) is 19.4 Å². The van der Waals surface area contributed by atoms with Gasteiger partial charge < -0.3 is 4.90 Å². The molecule has 6 nitrogen and oxygen atoms in total. The van der Waals surface area contributed by atoms with E-state index in [2.05, 4.69) is 34.1 Å². The number of likely N-dealkylation sites (tertiary alicyclic amines) is 1. The number of carbonyl (C=O) groups is 2. The van der Waals surface area contributed by atoms with Gasteiger partial charge in [-0.25, -0.2) is 0 Å². The Morgan fingerprint density at radius 2 is 1.49 bits per heavy atom. The van der Waals surface area contributed by atoms with Crippen molar-refractivity contribution in [3.8, 4) is 0 Å². The zero-order valence-electron chi connectivity index (χ0n) is 20.5. The number of hydrogen-bond acceptors (Lipinski definition) is 6. The molecule has 1 aromatic carbocycles. The maximum atomic E-state index is 13.3. The molecule has 2 aromatic rings. The topological polar surface area (TPSA) is 56.8 Å². The molecule has 2 aliphatic heterocycles. The molecule has 7 heteroatoms. The summed E-state index contributed by atoms with van der Waals surface area (Å²) in [5, 5.41) is 1.27. The fourth-order valence-electron chi connectivity index (χ4n) is 8.22. The average molecular weight is 493 g/mol. The van der Waals surface area contributed by atoms with E-state index in [0.717, 1.165) is 64.2 Å². The highest BCUT2D eigenvalue weighted by Gasteiger charge is 2.61. The fourth-order valence-corrected chi connectivity index (χ4v) is 9.02. The number of aromatic nitrogens is 1. The van der Waals surface area contributed by atoms with Crippen molar-refractivity contribution in [2.24, 2.45) is 35.5 Å². The molecule has 35 heavy (non-hydrogen) atoms. The zero-order valence-corrected chi connectivity index (χ0v) is 21.3. The molecule has 6 atom stereocenters. The van der Waals surface area contributed by atoms with E-state index >= 15 is 0 Å². The van der Waals surface area contributed by atoms with Gasteiger partial charge in [-0.15, -0.1) is 0 Å². The number of amides is 2.